The van der Waals surface area contributed by atoms with E-state index in [-0.39, 0.29) is 29.9 Å². The second-order valence-electron chi connectivity index (χ2n) is 6.17. The fourth-order valence-corrected chi connectivity index (χ4v) is 3.16. The minimum atomic E-state index is -0.0694. The molecular weight excluding hydrogens is 487 g/mol. The van der Waals surface area contributed by atoms with Gasteiger partial charge in [0, 0.05) is 45.2 Å². The lowest BCUT2D eigenvalue weighted by atomic mass is 10.1. The molecule has 1 heterocycles. The van der Waals surface area contributed by atoms with Crippen molar-refractivity contribution in [2.24, 2.45) is 4.99 Å². The third-order valence-electron chi connectivity index (χ3n) is 3.79. The van der Waals surface area contributed by atoms with E-state index in [2.05, 4.69) is 25.9 Å². The van der Waals surface area contributed by atoms with Crippen molar-refractivity contribution in [2.75, 3.05) is 39.1 Å². The van der Waals surface area contributed by atoms with Crippen molar-refractivity contribution in [3.8, 4) is 0 Å². The minimum absolute atomic E-state index is 0. The van der Waals surface area contributed by atoms with Crippen molar-refractivity contribution in [3.05, 3.63) is 46.5 Å². The number of amides is 1. The number of nitrogens with zero attached hydrogens (tertiary/aromatic N) is 3. The molecule has 28 heavy (non-hydrogen) atoms. The molecule has 0 bridgehead atoms. The number of aromatic nitrogens is 1. The molecule has 0 unspecified atom stereocenters. The summed E-state index contributed by atoms with van der Waals surface area (Å²) < 4.78 is 0. The van der Waals surface area contributed by atoms with Crippen LogP contribution in [0, 0.1) is 0 Å². The normalized spacial score (nSPS) is 10.8. The van der Waals surface area contributed by atoms with Crippen LogP contribution >= 0.6 is 35.3 Å². The number of hydrogen-bond donors (Lipinski definition) is 3. The zero-order valence-electron chi connectivity index (χ0n) is 16.8. The van der Waals surface area contributed by atoms with Crippen LogP contribution in [0.15, 0.2) is 34.6 Å². The summed E-state index contributed by atoms with van der Waals surface area (Å²) in [5.74, 6) is 0.694. The van der Waals surface area contributed by atoms with E-state index in [1.54, 1.807) is 18.4 Å². The molecule has 2 aromatic rings. The highest BCUT2D eigenvalue weighted by Crippen LogP contribution is 2.18. The fraction of sp³-hybridized carbons (Fsp3) is 0.421. The van der Waals surface area contributed by atoms with Crippen molar-refractivity contribution in [1.29, 1.82) is 0 Å². The Labute approximate surface area is 188 Å². The first-order chi connectivity index (χ1) is 13.0. The van der Waals surface area contributed by atoms with Gasteiger partial charge in [-0.1, -0.05) is 12.1 Å². The highest BCUT2D eigenvalue weighted by atomic mass is 127. The van der Waals surface area contributed by atoms with Gasteiger partial charge in [-0.3, -0.25) is 4.79 Å². The third-order valence-corrected chi connectivity index (χ3v) is 4.85. The average molecular weight is 516 g/mol. The predicted molar refractivity (Wildman–Crippen MR) is 128 cm³/mol. The molecule has 1 amide bonds. The van der Waals surface area contributed by atoms with Crippen molar-refractivity contribution >= 4 is 52.3 Å². The lowest BCUT2D eigenvalue weighted by Crippen LogP contribution is -2.38. The molecule has 2 rings (SSSR count). The molecule has 0 radical (unpaired) electrons. The molecule has 1 aromatic carbocycles. The first-order valence-corrected chi connectivity index (χ1v) is 9.86. The number of carbonyl (C=O) groups excluding carboxylic acids is 1. The number of thiazole rings is 1. The molecule has 0 spiro atoms. The van der Waals surface area contributed by atoms with Crippen LogP contribution in [0.5, 0.6) is 0 Å². The van der Waals surface area contributed by atoms with E-state index >= 15 is 0 Å². The summed E-state index contributed by atoms with van der Waals surface area (Å²) in [6.45, 7) is 4.09. The lowest BCUT2D eigenvalue weighted by Gasteiger charge is -2.11. The first kappa shape index (κ1) is 24.2. The van der Waals surface area contributed by atoms with Crippen LogP contribution < -0.4 is 20.9 Å². The summed E-state index contributed by atoms with van der Waals surface area (Å²) in [4.78, 5) is 22.9. The molecule has 0 fully saturated rings. The molecule has 9 heteroatoms. The van der Waals surface area contributed by atoms with Gasteiger partial charge < -0.3 is 20.9 Å². The molecule has 0 atom stereocenters. The maximum absolute atomic E-state index is 11.7. The molecule has 0 aliphatic carbocycles. The van der Waals surface area contributed by atoms with E-state index < -0.39 is 0 Å². The number of hydrogen-bond acceptors (Lipinski definition) is 5. The fourth-order valence-electron chi connectivity index (χ4n) is 2.41. The Bertz CT molecular complexity index is 777. The summed E-state index contributed by atoms with van der Waals surface area (Å²) in [5.41, 5.74) is 2.74. The van der Waals surface area contributed by atoms with Gasteiger partial charge in [-0.15, -0.1) is 35.3 Å². The molecule has 0 aliphatic heterocycles. The van der Waals surface area contributed by atoms with Crippen molar-refractivity contribution in [1.82, 2.24) is 20.9 Å². The van der Waals surface area contributed by atoms with E-state index in [4.69, 9.17) is 0 Å². The van der Waals surface area contributed by atoms with Crippen LogP contribution in [0.4, 0.5) is 5.13 Å². The average Bonchev–Trinajstić information content (AvgIpc) is 3.15. The quantitative estimate of drug-likeness (QED) is 0.286. The molecule has 3 N–H and O–H groups in total. The number of nitrogens with one attached hydrogen (secondary N) is 3. The van der Waals surface area contributed by atoms with E-state index in [1.807, 2.05) is 55.6 Å². The van der Waals surface area contributed by atoms with Crippen LogP contribution in [0.3, 0.4) is 0 Å². The Morgan fingerprint density at radius 3 is 2.71 bits per heavy atom. The largest absolute Gasteiger partial charge is 0.357 e. The summed E-state index contributed by atoms with van der Waals surface area (Å²) in [7, 11) is 5.60. The number of anilines is 1. The molecule has 1 aromatic heterocycles. The van der Waals surface area contributed by atoms with E-state index in [1.165, 1.54) is 0 Å². The second-order valence-corrected chi connectivity index (χ2v) is 7.00. The molecule has 7 nitrogen and oxygen atoms in total. The molecule has 0 aliphatic rings. The van der Waals surface area contributed by atoms with Crippen LogP contribution in [0.25, 0.3) is 0 Å². The van der Waals surface area contributed by atoms with E-state index in [0.29, 0.717) is 12.1 Å². The standard InChI is InChI=1S/C19H28N6OS.HI/c1-5-21-18(23-12-16-13-27-19(24-16)25(3)4)22-10-9-14-7-6-8-15(11-14)17(26)20-2;/h6-8,11,13H,5,9-10,12H2,1-4H3,(H,20,26)(H2,21,22,23);1H. The van der Waals surface area contributed by atoms with Gasteiger partial charge in [-0.2, -0.15) is 0 Å². The summed E-state index contributed by atoms with van der Waals surface area (Å²) in [5, 5.41) is 12.2. The zero-order valence-corrected chi connectivity index (χ0v) is 19.9. The maximum atomic E-state index is 11.7. The monoisotopic (exact) mass is 516 g/mol. The molecular formula is C19H29IN6OS. The van der Waals surface area contributed by atoms with Gasteiger partial charge in [-0.05, 0) is 31.0 Å². The van der Waals surface area contributed by atoms with Gasteiger partial charge in [0.2, 0.25) is 0 Å². The van der Waals surface area contributed by atoms with Gasteiger partial charge in [0.05, 0.1) is 12.2 Å². The van der Waals surface area contributed by atoms with E-state index in [9.17, 15) is 4.79 Å². The van der Waals surface area contributed by atoms with E-state index in [0.717, 1.165) is 41.9 Å². The number of guanidine groups is 1. The lowest BCUT2D eigenvalue weighted by molar-refractivity contribution is 0.0963. The molecule has 0 saturated heterocycles. The minimum Gasteiger partial charge on any atom is -0.357 e. The van der Waals surface area contributed by atoms with Gasteiger partial charge in [0.15, 0.2) is 11.1 Å². The molecule has 154 valence electrons. The summed E-state index contributed by atoms with van der Waals surface area (Å²) >= 11 is 1.62. The van der Waals surface area contributed by atoms with Gasteiger partial charge >= 0.3 is 0 Å². The first-order valence-electron chi connectivity index (χ1n) is 8.98. The second kappa shape index (κ2) is 12.6. The van der Waals surface area contributed by atoms with Crippen LogP contribution in [0.1, 0.15) is 28.5 Å². The number of rotatable bonds is 8. The van der Waals surface area contributed by atoms with Gasteiger partial charge in [-0.25, -0.2) is 9.98 Å². The number of benzene rings is 1. The molecule has 0 saturated carbocycles. The predicted octanol–water partition coefficient (Wildman–Crippen LogP) is 2.48. The van der Waals surface area contributed by atoms with Crippen molar-refractivity contribution in [2.45, 2.75) is 19.9 Å². The Morgan fingerprint density at radius 1 is 1.29 bits per heavy atom. The number of aliphatic imine (C=N–C) groups is 1. The Balaban J connectivity index is 0.00000392. The topological polar surface area (TPSA) is 81.7 Å². The SMILES string of the molecule is CCNC(=NCc1csc(N(C)C)n1)NCCc1cccc(C(=O)NC)c1.I. The number of halogens is 1. The highest BCUT2D eigenvalue weighted by Gasteiger charge is 2.05. The number of carbonyl (C=O) groups is 1. The smallest absolute Gasteiger partial charge is 0.251 e. The van der Waals surface area contributed by atoms with Crippen LogP contribution in [-0.4, -0.2) is 51.1 Å². The van der Waals surface area contributed by atoms with Gasteiger partial charge in [0.25, 0.3) is 5.91 Å². The zero-order chi connectivity index (χ0) is 19.6. The Morgan fingerprint density at radius 2 is 2.07 bits per heavy atom. The van der Waals surface area contributed by atoms with Crippen LogP contribution in [0.2, 0.25) is 0 Å². The summed E-state index contributed by atoms with van der Waals surface area (Å²) in [6, 6.07) is 7.67. The Kier molecular flexibility index (Phi) is 10.8. The third kappa shape index (κ3) is 7.63. The highest BCUT2D eigenvalue weighted by molar-refractivity contribution is 14.0. The van der Waals surface area contributed by atoms with Gasteiger partial charge in [0.1, 0.15) is 0 Å². The summed E-state index contributed by atoms with van der Waals surface area (Å²) in [6.07, 6.45) is 0.802. The van der Waals surface area contributed by atoms with Crippen LogP contribution in [-0.2, 0) is 13.0 Å². The maximum Gasteiger partial charge on any atom is 0.251 e. The Hall–Kier alpha value is -1.88. The van der Waals surface area contributed by atoms with Crippen molar-refractivity contribution < 1.29 is 4.79 Å². The van der Waals surface area contributed by atoms with Crippen molar-refractivity contribution in [3.63, 3.8) is 0 Å².